The largest absolute Gasteiger partial charge is 0.326 e. The van der Waals surface area contributed by atoms with E-state index < -0.39 is 6.04 Å². The zero-order valence-electron chi connectivity index (χ0n) is 23.1. The van der Waals surface area contributed by atoms with E-state index >= 15 is 0 Å². The van der Waals surface area contributed by atoms with Crippen molar-refractivity contribution in [3.8, 4) is 0 Å². The number of halogens is 1. The number of hydrogen-bond donors (Lipinski definition) is 1. The van der Waals surface area contributed by atoms with Gasteiger partial charge in [-0.15, -0.1) is 12.4 Å². The fraction of sp³-hybridized carbons (Fsp3) is 0.414. The number of fused-ring (bicyclic) bond motifs is 2. The molecule has 2 aromatic carbocycles. The molecule has 0 aliphatic carbocycles. The third kappa shape index (κ3) is 6.68. The lowest BCUT2D eigenvalue weighted by Crippen LogP contribution is -2.47. The van der Waals surface area contributed by atoms with Crippen LogP contribution >= 0.6 is 12.4 Å². The summed E-state index contributed by atoms with van der Waals surface area (Å²) in [5, 5.41) is 0. The van der Waals surface area contributed by atoms with Gasteiger partial charge in [0, 0.05) is 12.6 Å². The monoisotopic (exact) mass is 554 g/mol. The summed E-state index contributed by atoms with van der Waals surface area (Å²) >= 11 is 0. The van der Waals surface area contributed by atoms with Crippen molar-refractivity contribution >= 4 is 42.1 Å². The Hall–Kier alpha value is -3.65. The Kier molecular flexibility index (Phi) is 9.74. The Morgan fingerprint density at radius 1 is 0.692 bits per heavy atom. The van der Waals surface area contributed by atoms with Crippen LogP contribution in [-0.2, 0) is 4.79 Å². The van der Waals surface area contributed by atoms with Crippen LogP contribution in [-0.4, -0.2) is 64.7 Å². The van der Waals surface area contributed by atoms with Crippen LogP contribution < -0.4 is 5.73 Å². The standard InChI is InChI=1S/C15H16N2O3.C14H18N2O2.ClH/c1-15(2,3)12(16-9-18)8-17-13(19)10-6-4-5-7-11(10)14(17)20;1-14(2,3)11(15)8-16-12(17)9-6-4-5-7-10(9)13(16)18;/h4-7,12H,8H2,1-3H3;4-7,11H,8,15H2,1-3H3;1H/t12-;11-;/m11./s1. The summed E-state index contributed by atoms with van der Waals surface area (Å²) in [7, 11) is 0. The van der Waals surface area contributed by atoms with Crippen LogP contribution in [0.3, 0.4) is 0 Å². The van der Waals surface area contributed by atoms with Gasteiger partial charge in [0.25, 0.3) is 23.6 Å². The molecule has 2 aliphatic heterocycles. The van der Waals surface area contributed by atoms with Crippen molar-refractivity contribution in [3.63, 3.8) is 0 Å². The number of hydrogen-bond acceptors (Lipinski definition) is 7. The summed E-state index contributed by atoms with van der Waals surface area (Å²) in [4.78, 5) is 65.4. The van der Waals surface area contributed by atoms with Gasteiger partial charge in [0.1, 0.15) is 0 Å². The van der Waals surface area contributed by atoms with E-state index in [0.717, 1.165) is 4.90 Å². The highest BCUT2D eigenvalue weighted by Gasteiger charge is 2.39. The number of aliphatic imine (C=N–C) groups is 1. The second-order valence-electron chi connectivity index (χ2n) is 11.6. The number of nitrogens with two attached hydrogens (primary N) is 1. The van der Waals surface area contributed by atoms with Crippen LogP contribution in [0, 0.1) is 10.8 Å². The molecule has 0 unspecified atom stereocenters. The molecule has 9 nitrogen and oxygen atoms in total. The summed E-state index contributed by atoms with van der Waals surface area (Å²) in [6, 6.07) is 12.9. The van der Waals surface area contributed by atoms with Crippen molar-refractivity contribution in [2.45, 2.75) is 53.6 Å². The first kappa shape index (κ1) is 31.6. The Labute approximate surface area is 234 Å². The van der Waals surface area contributed by atoms with E-state index in [0.29, 0.717) is 22.3 Å². The lowest BCUT2D eigenvalue weighted by Gasteiger charge is -2.29. The molecule has 2 aliphatic rings. The fourth-order valence-corrected chi connectivity index (χ4v) is 4.03. The number of imide groups is 2. The van der Waals surface area contributed by atoms with E-state index in [1.165, 1.54) is 11.0 Å². The van der Waals surface area contributed by atoms with Crippen molar-refractivity contribution in [2.75, 3.05) is 13.1 Å². The molecule has 2 N–H and O–H groups in total. The van der Waals surface area contributed by atoms with Crippen LogP contribution in [0.15, 0.2) is 53.5 Å². The predicted octanol–water partition coefficient (Wildman–Crippen LogP) is 4.11. The number of isocyanates is 1. The molecule has 0 saturated carbocycles. The van der Waals surface area contributed by atoms with Gasteiger partial charge in [0.05, 0.1) is 34.8 Å². The van der Waals surface area contributed by atoms with Crippen molar-refractivity contribution < 1.29 is 24.0 Å². The Morgan fingerprint density at radius 2 is 1.03 bits per heavy atom. The minimum atomic E-state index is -0.470. The van der Waals surface area contributed by atoms with Gasteiger partial charge in [-0.2, -0.15) is 0 Å². The molecule has 2 atom stereocenters. The molecule has 0 spiro atoms. The first-order chi connectivity index (χ1) is 17.7. The number of nitrogens with zero attached hydrogens (tertiary/aromatic N) is 3. The first-order valence-corrected chi connectivity index (χ1v) is 12.4. The number of benzene rings is 2. The molecule has 4 amide bonds. The maximum Gasteiger partial charge on any atom is 0.261 e. The van der Waals surface area contributed by atoms with Crippen LogP contribution in [0.1, 0.15) is 83.0 Å². The van der Waals surface area contributed by atoms with E-state index in [4.69, 9.17) is 5.73 Å². The smallest absolute Gasteiger partial charge is 0.261 e. The molecule has 0 saturated heterocycles. The topological polar surface area (TPSA) is 130 Å². The van der Waals surface area contributed by atoms with Gasteiger partial charge in [-0.1, -0.05) is 65.8 Å². The van der Waals surface area contributed by atoms with Gasteiger partial charge >= 0.3 is 0 Å². The highest BCUT2D eigenvalue weighted by atomic mass is 35.5. The number of amides is 4. The lowest BCUT2D eigenvalue weighted by molar-refractivity contribution is 0.0608. The fourth-order valence-electron chi connectivity index (χ4n) is 4.03. The van der Waals surface area contributed by atoms with E-state index in [-0.39, 0.29) is 66.0 Å². The van der Waals surface area contributed by atoms with Gasteiger partial charge in [-0.25, -0.2) is 9.79 Å². The van der Waals surface area contributed by atoms with Crippen LogP contribution in [0.4, 0.5) is 0 Å². The summed E-state index contributed by atoms with van der Waals surface area (Å²) in [5.74, 6) is -1.15. The van der Waals surface area contributed by atoms with Crippen molar-refractivity contribution in [3.05, 3.63) is 70.8 Å². The lowest BCUT2D eigenvalue weighted by atomic mass is 9.87. The molecule has 4 rings (SSSR count). The highest BCUT2D eigenvalue weighted by molar-refractivity contribution is 6.22. The molecule has 2 aromatic rings. The van der Waals surface area contributed by atoms with Crippen LogP contribution in [0.5, 0.6) is 0 Å². The first-order valence-electron chi connectivity index (χ1n) is 12.4. The third-order valence-electron chi connectivity index (χ3n) is 6.81. The maximum absolute atomic E-state index is 12.2. The molecular weight excluding hydrogens is 520 g/mol. The summed E-state index contributed by atoms with van der Waals surface area (Å²) < 4.78 is 0. The minimum Gasteiger partial charge on any atom is -0.326 e. The van der Waals surface area contributed by atoms with Crippen LogP contribution in [0.25, 0.3) is 0 Å². The van der Waals surface area contributed by atoms with Gasteiger partial charge in [-0.3, -0.25) is 29.0 Å². The number of rotatable bonds is 5. The third-order valence-corrected chi connectivity index (χ3v) is 6.81. The quantitative estimate of drug-likeness (QED) is 0.336. The summed E-state index contributed by atoms with van der Waals surface area (Å²) in [6.07, 6.45) is 1.52. The van der Waals surface area contributed by atoms with Gasteiger partial charge in [-0.05, 0) is 35.1 Å². The Balaban J connectivity index is 0.000000268. The van der Waals surface area contributed by atoms with E-state index in [1.807, 2.05) is 41.5 Å². The molecule has 0 aromatic heterocycles. The van der Waals surface area contributed by atoms with E-state index in [9.17, 15) is 24.0 Å². The number of carbonyl (C=O) groups excluding carboxylic acids is 5. The molecule has 39 heavy (non-hydrogen) atoms. The van der Waals surface area contributed by atoms with Gasteiger partial charge < -0.3 is 5.73 Å². The molecule has 2 heterocycles. The summed E-state index contributed by atoms with van der Waals surface area (Å²) in [5.41, 5.74) is 7.32. The van der Waals surface area contributed by atoms with Crippen molar-refractivity contribution in [1.82, 2.24) is 9.80 Å². The SMILES string of the molecule is CC(C)(C)[C@@H](CN1C(=O)c2ccccc2C1=O)N=C=O.CC(C)(C)[C@H](N)CN1C(=O)c2ccccc2C1=O.Cl. The van der Waals surface area contributed by atoms with E-state index in [2.05, 4.69) is 4.99 Å². The Bertz CT molecular complexity index is 1250. The second-order valence-corrected chi connectivity index (χ2v) is 11.6. The zero-order valence-corrected chi connectivity index (χ0v) is 23.9. The van der Waals surface area contributed by atoms with Crippen LogP contribution in [0.2, 0.25) is 0 Å². The highest BCUT2D eigenvalue weighted by Crippen LogP contribution is 2.28. The second kappa shape index (κ2) is 12.0. The minimum absolute atomic E-state index is 0. The maximum atomic E-state index is 12.2. The van der Waals surface area contributed by atoms with E-state index in [1.54, 1.807) is 48.5 Å². The zero-order chi connectivity index (χ0) is 28.4. The summed E-state index contributed by atoms with van der Waals surface area (Å²) in [6.45, 7) is 12.0. The number of carbonyl (C=O) groups is 4. The average molecular weight is 555 g/mol. The normalized spacial score (nSPS) is 16.0. The molecule has 0 fully saturated rings. The van der Waals surface area contributed by atoms with Crippen molar-refractivity contribution in [1.29, 1.82) is 0 Å². The molecule has 0 bridgehead atoms. The van der Waals surface area contributed by atoms with Gasteiger partial charge in [0.2, 0.25) is 6.08 Å². The molecule has 208 valence electrons. The molecular formula is C29H35ClN4O5. The predicted molar refractivity (Wildman–Crippen MR) is 150 cm³/mol. The molecule has 0 radical (unpaired) electrons. The van der Waals surface area contributed by atoms with Gasteiger partial charge in [0.15, 0.2) is 0 Å². The van der Waals surface area contributed by atoms with Crippen molar-refractivity contribution in [2.24, 2.45) is 21.6 Å². The molecule has 10 heteroatoms. The Morgan fingerprint density at radius 3 is 1.31 bits per heavy atom. The average Bonchev–Trinajstić information content (AvgIpc) is 3.24.